The van der Waals surface area contributed by atoms with E-state index in [1.807, 2.05) is 11.8 Å². The molecule has 2 rings (SSSR count). The molecule has 0 unspecified atom stereocenters. The highest BCUT2D eigenvalue weighted by Crippen LogP contribution is 2.37. The van der Waals surface area contributed by atoms with E-state index >= 15 is 0 Å². The normalized spacial score (nSPS) is 15.1. The lowest BCUT2D eigenvalue weighted by molar-refractivity contribution is 0.745. The van der Waals surface area contributed by atoms with E-state index in [-0.39, 0.29) is 0 Å². The lowest BCUT2D eigenvalue weighted by Gasteiger charge is -2.32. The third-order valence-corrected chi connectivity index (χ3v) is 4.19. The number of nitrogens with two attached hydrogens (primary N) is 1. The molecule has 16 heavy (non-hydrogen) atoms. The summed E-state index contributed by atoms with van der Waals surface area (Å²) in [6.45, 7) is 7.41. The van der Waals surface area contributed by atoms with Crippen LogP contribution in [0.2, 0.25) is 0 Å². The molecule has 0 radical (unpaired) electrons. The van der Waals surface area contributed by atoms with Crippen LogP contribution in [0.5, 0.6) is 0 Å². The predicted octanol–water partition coefficient (Wildman–Crippen LogP) is 2.56. The molecule has 0 saturated heterocycles. The Bertz CT molecular complexity index is 376. The van der Waals surface area contributed by atoms with Gasteiger partial charge in [-0.3, -0.25) is 0 Å². The highest BCUT2D eigenvalue weighted by molar-refractivity contribution is 7.99. The van der Waals surface area contributed by atoms with Crippen LogP contribution < -0.4 is 10.6 Å². The van der Waals surface area contributed by atoms with E-state index < -0.39 is 0 Å². The first kappa shape index (κ1) is 11.8. The van der Waals surface area contributed by atoms with E-state index in [1.54, 1.807) is 0 Å². The van der Waals surface area contributed by atoms with Crippen molar-refractivity contribution in [2.45, 2.75) is 25.2 Å². The molecule has 0 bridgehead atoms. The van der Waals surface area contributed by atoms with Gasteiger partial charge in [-0.25, -0.2) is 0 Å². The van der Waals surface area contributed by atoms with Crippen molar-refractivity contribution >= 4 is 17.4 Å². The minimum atomic E-state index is 0.782. The molecular formula is C13H20N2S. The maximum Gasteiger partial charge on any atom is 0.0510 e. The van der Waals surface area contributed by atoms with E-state index in [0.717, 1.165) is 26.1 Å². The summed E-state index contributed by atoms with van der Waals surface area (Å²) in [5, 5.41) is 0. The molecule has 0 fully saturated rings. The van der Waals surface area contributed by atoms with Crippen LogP contribution in [0.25, 0.3) is 0 Å². The van der Waals surface area contributed by atoms with Gasteiger partial charge in [-0.2, -0.15) is 0 Å². The molecule has 1 aromatic rings. The van der Waals surface area contributed by atoms with Crippen molar-refractivity contribution in [3.05, 3.63) is 23.3 Å². The van der Waals surface area contributed by atoms with E-state index in [2.05, 4.69) is 30.9 Å². The van der Waals surface area contributed by atoms with Crippen LogP contribution >= 0.6 is 11.8 Å². The number of nitrogens with zero attached hydrogens (tertiary/aromatic N) is 1. The summed E-state index contributed by atoms with van der Waals surface area (Å²) in [5.41, 5.74) is 9.78. The minimum Gasteiger partial charge on any atom is -0.370 e. The van der Waals surface area contributed by atoms with E-state index in [1.165, 1.54) is 27.5 Å². The van der Waals surface area contributed by atoms with Gasteiger partial charge in [0.15, 0.2) is 0 Å². The number of hydrogen-bond acceptors (Lipinski definition) is 3. The lowest BCUT2D eigenvalue weighted by atomic mass is 10.1. The van der Waals surface area contributed by atoms with Crippen LogP contribution in [0.3, 0.4) is 0 Å². The molecule has 0 amide bonds. The summed E-state index contributed by atoms with van der Waals surface area (Å²) in [6, 6.07) is 4.59. The van der Waals surface area contributed by atoms with Gasteiger partial charge in [0.25, 0.3) is 0 Å². The Morgan fingerprint density at radius 1 is 1.38 bits per heavy atom. The molecule has 3 heteroatoms. The van der Waals surface area contributed by atoms with Crippen LogP contribution in [-0.4, -0.2) is 25.4 Å². The van der Waals surface area contributed by atoms with Crippen molar-refractivity contribution in [2.75, 3.05) is 30.3 Å². The van der Waals surface area contributed by atoms with Crippen molar-refractivity contribution in [3.63, 3.8) is 0 Å². The topological polar surface area (TPSA) is 29.3 Å². The van der Waals surface area contributed by atoms with Gasteiger partial charge >= 0.3 is 0 Å². The Morgan fingerprint density at radius 2 is 2.19 bits per heavy atom. The molecule has 2 nitrogen and oxygen atoms in total. The second kappa shape index (κ2) is 5.11. The molecule has 0 aromatic heterocycles. The fourth-order valence-electron chi connectivity index (χ4n) is 2.25. The third kappa shape index (κ3) is 2.36. The van der Waals surface area contributed by atoms with Gasteiger partial charge in [-0.05, 0) is 44.0 Å². The Balaban J connectivity index is 2.30. The highest BCUT2D eigenvalue weighted by Gasteiger charge is 2.18. The summed E-state index contributed by atoms with van der Waals surface area (Å²) >= 11 is 1.99. The van der Waals surface area contributed by atoms with E-state index in [0.29, 0.717) is 0 Å². The summed E-state index contributed by atoms with van der Waals surface area (Å²) in [5.74, 6) is 1.20. The quantitative estimate of drug-likeness (QED) is 0.874. The van der Waals surface area contributed by atoms with Crippen molar-refractivity contribution in [1.29, 1.82) is 0 Å². The molecule has 2 N–H and O–H groups in total. The number of thioether (sulfide) groups is 1. The summed E-state index contributed by atoms with van der Waals surface area (Å²) in [7, 11) is 0. The first-order chi connectivity index (χ1) is 7.72. The number of rotatable bonds is 3. The van der Waals surface area contributed by atoms with Crippen LogP contribution in [0.4, 0.5) is 5.69 Å². The molecule has 0 saturated carbocycles. The van der Waals surface area contributed by atoms with E-state index in [4.69, 9.17) is 5.73 Å². The maximum absolute atomic E-state index is 5.59. The van der Waals surface area contributed by atoms with Crippen LogP contribution in [0.1, 0.15) is 17.5 Å². The SMILES string of the molecule is Cc1cc(C)c2c(c1)N(CCCN)CCS2. The number of aryl methyl sites for hydroxylation is 2. The Labute approximate surface area is 102 Å². The molecule has 88 valence electrons. The molecule has 1 aliphatic heterocycles. The zero-order valence-corrected chi connectivity index (χ0v) is 10.9. The third-order valence-electron chi connectivity index (χ3n) is 2.98. The molecule has 1 aliphatic rings. The molecule has 1 heterocycles. The molecular weight excluding hydrogens is 216 g/mol. The van der Waals surface area contributed by atoms with Gasteiger partial charge in [-0.1, -0.05) is 6.07 Å². The van der Waals surface area contributed by atoms with Crippen molar-refractivity contribution in [1.82, 2.24) is 0 Å². The van der Waals surface area contributed by atoms with Crippen LogP contribution in [0, 0.1) is 13.8 Å². The summed E-state index contributed by atoms with van der Waals surface area (Å²) in [6.07, 6.45) is 1.08. The summed E-state index contributed by atoms with van der Waals surface area (Å²) < 4.78 is 0. The van der Waals surface area contributed by atoms with Gasteiger partial charge in [0.2, 0.25) is 0 Å². The lowest BCUT2D eigenvalue weighted by Crippen LogP contribution is -2.31. The summed E-state index contributed by atoms with van der Waals surface area (Å²) in [4.78, 5) is 3.95. The Hall–Kier alpha value is -0.670. The standard InChI is InChI=1S/C13H20N2S/c1-10-8-11(2)13-12(9-10)15(5-3-4-14)6-7-16-13/h8-9H,3-7,14H2,1-2H3. The van der Waals surface area contributed by atoms with Gasteiger partial charge in [0, 0.05) is 23.7 Å². The average molecular weight is 236 g/mol. The van der Waals surface area contributed by atoms with Crippen LogP contribution in [-0.2, 0) is 0 Å². The molecule has 1 aromatic carbocycles. The van der Waals surface area contributed by atoms with Crippen molar-refractivity contribution in [2.24, 2.45) is 5.73 Å². The zero-order valence-electron chi connectivity index (χ0n) is 10.1. The van der Waals surface area contributed by atoms with Gasteiger partial charge in [0.05, 0.1) is 5.69 Å². The molecule has 0 aliphatic carbocycles. The largest absolute Gasteiger partial charge is 0.370 e. The second-order valence-electron chi connectivity index (χ2n) is 4.41. The average Bonchev–Trinajstić information content (AvgIpc) is 2.26. The Morgan fingerprint density at radius 3 is 2.94 bits per heavy atom. The minimum absolute atomic E-state index is 0.782. The highest BCUT2D eigenvalue weighted by atomic mass is 32.2. The van der Waals surface area contributed by atoms with Crippen molar-refractivity contribution in [3.8, 4) is 0 Å². The molecule has 0 spiro atoms. The van der Waals surface area contributed by atoms with Gasteiger partial charge < -0.3 is 10.6 Å². The molecule has 0 atom stereocenters. The first-order valence-corrected chi connectivity index (χ1v) is 6.90. The van der Waals surface area contributed by atoms with Crippen molar-refractivity contribution < 1.29 is 0 Å². The number of benzene rings is 1. The van der Waals surface area contributed by atoms with E-state index in [9.17, 15) is 0 Å². The van der Waals surface area contributed by atoms with Gasteiger partial charge in [0.1, 0.15) is 0 Å². The predicted molar refractivity (Wildman–Crippen MR) is 72.5 cm³/mol. The number of anilines is 1. The smallest absolute Gasteiger partial charge is 0.0510 e. The Kier molecular flexibility index (Phi) is 3.77. The second-order valence-corrected chi connectivity index (χ2v) is 5.51. The maximum atomic E-state index is 5.59. The fraction of sp³-hybridized carbons (Fsp3) is 0.538. The van der Waals surface area contributed by atoms with Crippen LogP contribution in [0.15, 0.2) is 17.0 Å². The first-order valence-electron chi connectivity index (χ1n) is 5.91. The monoisotopic (exact) mass is 236 g/mol. The number of hydrogen-bond donors (Lipinski definition) is 1. The fourth-order valence-corrected chi connectivity index (χ4v) is 3.39. The zero-order chi connectivity index (χ0) is 11.5. The van der Waals surface area contributed by atoms with Gasteiger partial charge in [-0.15, -0.1) is 11.8 Å². The number of fused-ring (bicyclic) bond motifs is 1.